The molecule has 1 heterocycles. The molecule has 0 saturated carbocycles. The Bertz CT molecular complexity index is 688. The van der Waals surface area contributed by atoms with Gasteiger partial charge in [-0.15, -0.1) is 11.3 Å². The molecule has 6 heteroatoms. The maximum Gasteiger partial charge on any atom is 0.265 e. The van der Waals surface area contributed by atoms with Crippen molar-refractivity contribution in [3.63, 3.8) is 0 Å². The van der Waals surface area contributed by atoms with Gasteiger partial charge in [-0.2, -0.15) is 0 Å². The van der Waals surface area contributed by atoms with Crippen LogP contribution in [0.25, 0.3) is 0 Å². The lowest BCUT2D eigenvalue weighted by molar-refractivity contribution is -0.122. The van der Waals surface area contributed by atoms with Crippen LogP contribution < -0.4 is 16.0 Å². The molecular weight excluding hydrogens is 322 g/mol. The molecule has 0 fully saturated rings. The zero-order chi connectivity index (χ0) is 17.7. The van der Waals surface area contributed by atoms with Crippen molar-refractivity contribution in [2.75, 3.05) is 10.6 Å². The summed E-state index contributed by atoms with van der Waals surface area (Å²) in [5.74, 6) is -0.179. The van der Waals surface area contributed by atoms with Crippen LogP contribution in [0.15, 0.2) is 41.8 Å². The lowest BCUT2D eigenvalue weighted by Crippen LogP contribution is -2.47. The van der Waals surface area contributed by atoms with Gasteiger partial charge in [0.1, 0.15) is 6.04 Å². The second-order valence-electron chi connectivity index (χ2n) is 6.61. The Labute approximate surface area is 146 Å². The zero-order valence-electron chi connectivity index (χ0n) is 14.3. The van der Waals surface area contributed by atoms with Gasteiger partial charge < -0.3 is 16.0 Å². The van der Waals surface area contributed by atoms with E-state index in [1.807, 2.05) is 63.4 Å². The Morgan fingerprint density at radius 3 is 2.21 bits per heavy atom. The molecule has 0 aliphatic rings. The maximum absolute atomic E-state index is 12.1. The van der Waals surface area contributed by atoms with E-state index >= 15 is 0 Å². The molecule has 5 nitrogen and oxygen atoms in total. The highest BCUT2D eigenvalue weighted by atomic mass is 32.1. The highest BCUT2D eigenvalue weighted by Crippen LogP contribution is 2.17. The lowest BCUT2D eigenvalue weighted by Gasteiger charge is -2.24. The minimum absolute atomic E-state index is 0.0578. The third-order valence-corrected chi connectivity index (χ3v) is 4.03. The van der Waals surface area contributed by atoms with Crippen LogP contribution in [0.4, 0.5) is 11.4 Å². The number of thiophene rings is 1. The van der Waals surface area contributed by atoms with E-state index in [0.29, 0.717) is 10.6 Å². The van der Waals surface area contributed by atoms with E-state index in [1.54, 1.807) is 6.07 Å². The summed E-state index contributed by atoms with van der Waals surface area (Å²) in [6, 6.07) is 10.6. The van der Waals surface area contributed by atoms with Gasteiger partial charge in [0.15, 0.2) is 0 Å². The second-order valence-corrected chi connectivity index (χ2v) is 7.56. The summed E-state index contributed by atoms with van der Waals surface area (Å²) in [6.07, 6.45) is 0. The van der Waals surface area contributed by atoms with Crippen molar-refractivity contribution in [2.45, 2.75) is 39.3 Å². The van der Waals surface area contributed by atoms with Gasteiger partial charge >= 0.3 is 0 Å². The molecule has 0 spiro atoms. The molecule has 2 amide bonds. The minimum Gasteiger partial charge on any atom is -0.374 e. The number of benzene rings is 1. The Kier molecular flexibility index (Phi) is 5.62. The quantitative estimate of drug-likeness (QED) is 0.773. The van der Waals surface area contributed by atoms with E-state index in [0.717, 1.165) is 5.69 Å². The molecule has 0 unspecified atom stereocenters. The van der Waals surface area contributed by atoms with Crippen LogP contribution in [0.1, 0.15) is 37.4 Å². The van der Waals surface area contributed by atoms with Crippen LogP contribution in [0.2, 0.25) is 0 Å². The monoisotopic (exact) mass is 345 g/mol. The molecule has 0 saturated heterocycles. The van der Waals surface area contributed by atoms with Crippen LogP contribution in [0.3, 0.4) is 0 Å². The normalized spacial score (nSPS) is 12.3. The average Bonchev–Trinajstić information content (AvgIpc) is 3.02. The van der Waals surface area contributed by atoms with Crippen molar-refractivity contribution >= 4 is 34.5 Å². The molecule has 0 aliphatic heterocycles. The number of nitrogens with one attached hydrogen (secondary N) is 3. The SMILES string of the molecule is C[C@H](Nc1ccc(NC(=O)c2cccs2)cc1)C(=O)NC(C)(C)C. The number of carbonyl (C=O) groups excluding carboxylic acids is 2. The van der Waals surface area contributed by atoms with Gasteiger partial charge in [-0.3, -0.25) is 9.59 Å². The van der Waals surface area contributed by atoms with Crippen molar-refractivity contribution < 1.29 is 9.59 Å². The fraction of sp³-hybridized carbons (Fsp3) is 0.333. The van der Waals surface area contributed by atoms with Gasteiger partial charge in [0.05, 0.1) is 4.88 Å². The lowest BCUT2D eigenvalue weighted by atomic mass is 10.1. The van der Waals surface area contributed by atoms with Crippen molar-refractivity contribution in [1.82, 2.24) is 5.32 Å². The number of anilines is 2. The molecule has 1 atom stereocenters. The maximum atomic E-state index is 12.1. The summed E-state index contributed by atoms with van der Waals surface area (Å²) in [5, 5.41) is 10.8. The number of amides is 2. The topological polar surface area (TPSA) is 70.2 Å². The van der Waals surface area contributed by atoms with Gasteiger partial charge in [-0.25, -0.2) is 0 Å². The molecule has 0 aliphatic carbocycles. The summed E-state index contributed by atoms with van der Waals surface area (Å²) in [7, 11) is 0. The van der Waals surface area contributed by atoms with Crippen LogP contribution in [0, 0.1) is 0 Å². The summed E-state index contributed by atoms with van der Waals surface area (Å²) < 4.78 is 0. The number of hydrogen-bond donors (Lipinski definition) is 3. The molecular formula is C18H23N3O2S. The molecule has 24 heavy (non-hydrogen) atoms. The number of hydrogen-bond acceptors (Lipinski definition) is 4. The predicted octanol–water partition coefficient (Wildman–Crippen LogP) is 3.72. The van der Waals surface area contributed by atoms with Gasteiger partial charge in [0, 0.05) is 16.9 Å². The predicted molar refractivity (Wildman–Crippen MR) is 99.7 cm³/mol. The van der Waals surface area contributed by atoms with E-state index in [9.17, 15) is 9.59 Å². The molecule has 3 N–H and O–H groups in total. The smallest absolute Gasteiger partial charge is 0.265 e. The van der Waals surface area contributed by atoms with Crippen LogP contribution in [0.5, 0.6) is 0 Å². The Morgan fingerprint density at radius 1 is 1.04 bits per heavy atom. The van der Waals surface area contributed by atoms with E-state index in [-0.39, 0.29) is 23.4 Å². The first-order chi connectivity index (χ1) is 11.2. The molecule has 0 bridgehead atoms. The Hall–Kier alpha value is -2.34. The third-order valence-electron chi connectivity index (χ3n) is 3.16. The number of carbonyl (C=O) groups is 2. The van der Waals surface area contributed by atoms with Gasteiger partial charge in [0.2, 0.25) is 5.91 Å². The van der Waals surface area contributed by atoms with E-state index in [1.165, 1.54) is 11.3 Å². The third kappa shape index (κ3) is 5.38. The van der Waals surface area contributed by atoms with Crippen molar-refractivity contribution in [1.29, 1.82) is 0 Å². The molecule has 0 radical (unpaired) electrons. The average molecular weight is 345 g/mol. The first-order valence-electron chi connectivity index (χ1n) is 7.78. The highest BCUT2D eigenvalue weighted by Gasteiger charge is 2.19. The molecule has 2 rings (SSSR count). The Balaban J connectivity index is 1.92. The summed E-state index contributed by atoms with van der Waals surface area (Å²) >= 11 is 1.40. The van der Waals surface area contributed by atoms with Crippen LogP contribution >= 0.6 is 11.3 Å². The Morgan fingerprint density at radius 2 is 1.67 bits per heavy atom. The largest absolute Gasteiger partial charge is 0.374 e. The number of rotatable bonds is 5. The van der Waals surface area contributed by atoms with Crippen molar-refractivity contribution in [3.8, 4) is 0 Å². The molecule has 2 aromatic rings. The standard InChI is InChI=1S/C18H23N3O2S/c1-12(16(22)21-18(2,3)4)19-13-7-9-14(10-8-13)20-17(23)15-6-5-11-24-15/h5-12,19H,1-4H3,(H,20,23)(H,21,22)/t12-/m0/s1. The molecule has 1 aromatic heterocycles. The fourth-order valence-corrected chi connectivity index (χ4v) is 2.66. The van der Waals surface area contributed by atoms with Crippen molar-refractivity contribution in [3.05, 3.63) is 46.7 Å². The van der Waals surface area contributed by atoms with Crippen molar-refractivity contribution in [2.24, 2.45) is 0 Å². The highest BCUT2D eigenvalue weighted by molar-refractivity contribution is 7.12. The molecule has 1 aromatic carbocycles. The summed E-state index contributed by atoms with van der Waals surface area (Å²) in [6.45, 7) is 7.65. The fourth-order valence-electron chi connectivity index (χ4n) is 2.04. The molecule has 128 valence electrons. The first kappa shape index (κ1) is 18.0. The van der Waals surface area contributed by atoms with Crippen LogP contribution in [-0.4, -0.2) is 23.4 Å². The van der Waals surface area contributed by atoms with E-state index in [4.69, 9.17) is 0 Å². The van der Waals surface area contributed by atoms with Crippen LogP contribution in [-0.2, 0) is 4.79 Å². The summed E-state index contributed by atoms with van der Waals surface area (Å²) in [5.41, 5.74) is 1.27. The van der Waals surface area contributed by atoms with Gasteiger partial charge in [-0.1, -0.05) is 6.07 Å². The summed E-state index contributed by atoms with van der Waals surface area (Å²) in [4.78, 5) is 24.7. The van der Waals surface area contributed by atoms with E-state index < -0.39 is 0 Å². The first-order valence-corrected chi connectivity index (χ1v) is 8.66. The van der Waals surface area contributed by atoms with E-state index in [2.05, 4.69) is 16.0 Å². The second kappa shape index (κ2) is 7.49. The zero-order valence-corrected chi connectivity index (χ0v) is 15.2. The van der Waals surface area contributed by atoms with Gasteiger partial charge in [-0.05, 0) is 63.4 Å². The van der Waals surface area contributed by atoms with Gasteiger partial charge in [0.25, 0.3) is 5.91 Å². The minimum atomic E-state index is -0.351.